The maximum absolute atomic E-state index is 12.4. The van der Waals surface area contributed by atoms with Crippen LogP contribution in [-0.4, -0.2) is 48.6 Å². The lowest BCUT2D eigenvalue weighted by Gasteiger charge is -2.26. The molecule has 23 heavy (non-hydrogen) atoms. The molecule has 122 valence electrons. The number of thiazole rings is 1. The maximum Gasteiger partial charge on any atom is 0.273 e. The quantitative estimate of drug-likeness (QED) is 0.915. The molecule has 2 heterocycles. The summed E-state index contributed by atoms with van der Waals surface area (Å²) in [6, 6.07) is 7.88. The molecule has 1 aliphatic rings. The molecule has 6 heteroatoms. The van der Waals surface area contributed by atoms with Gasteiger partial charge < -0.3 is 15.0 Å². The van der Waals surface area contributed by atoms with E-state index in [-0.39, 0.29) is 5.91 Å². The van der Waals surface area contributed by atoms with E-state index in [1.54, 1.807) is 0 Å². The van der Waals surface area contributed by atoms with Gasteiger partial charge in [-0.05, 0) is 30.7 Å². The molecule has 0 spiro atoms. The Bertz CT molecular complexity index is 648. The smallest absolute Gasteiger partial charge is 0.273 e. The Labute approximate surface area is 140 Å². The fourth-order valence-electron chi connectivity index (χ4n) is 2.45. The van der Waals surface area contributed by atoms with Gasteiger partial charge >= 0.3 is 0 Å². The number of aromatic nitrogens is 1. The van der Waals surface area contributed by atoms with Crippen molar-refractivity contribution in [3.8, 4) is 16.3 Å². The Kier molecular flexibility index (Phi) is 5.25. The third-order valence-corrected chi connectivity index (χ3v) is 4.59. The van der Waals surface area contributed by atoms with E-state index in [2.05, 4.69) is 17.2 Å². The lowest BCUT2D eigenvalue weighted by atomic mass is 10.2. The first kappa shape index (κ1) is 16.0. The molecule has 2 aromatic rings. The maximum atomic E-state index is 12.4. The highest BCUT2D eigenvalue weighted by Crippen LogP contribution is 2.26. The summed E-state index contributed by atoms with van der Waals surface area (Å²) in [5, 5.41) is 5.96. The predicted octanol–water partition coefficient (Wildman–Crippen LogP) is 2.64. The monoisotopic (exact) mass is 331 g/mol. The normalized spacial score (nSPS) is 14.7. The van der Waals surface area contributed by atoms with Crippen molar-refractivity contribution in [3.05, 3.63) is 35.3 Å². The molecule has 1 amide bonds. The van der Waals surface area contributed by atoms with Crippen LogP contribution in [0.25, 0.3) is 10.6 Å². The van der Waals surface area contributed by atoms with E-state index in [0.717, 1.165) is 55.5 Å². The van der Waals surface area contributed by atoms with Gasteiger partial charge in [0.25, 0.3) is 5.91 Å². The van der Waals surface area contributed by atoms with Crippen molar-refractivity contribution >= 4 is 17.2 Å². The van der Waals surface area contributed by atoms with E-state index in [1.807, 2.05) is 34.5 Å². The highest BCUT2D eigenvalue weighted by molar-refractivity contribution is 7.13. The Morgan fingerprint density at radius 3 is 2.74 bits per heavy atom. The van der Waals surface area contributed by atoms with Crippen molar-refractivity contribution in [2.75, 3.05) is 32.8 Å². The molecule has 0 bridgehead atoms. The molecule has 0 atom stereocenters. The molecule has 1 saturated heterocycles. The van der Waals surface area contributed by atoms with Gasteiger partial charge in [-0.2, -0.15) is 0 Å². The summed E-state index contributed by atoms with van der Waals surface area (Å²) < 4.78 is 5.59. The van der Waals surface area contributed by atoms with E-state index in [0.29, 0.717) is 5.69 Å². The van der Waals surface area contributed by atoms with Gasteiger partial charge in [-0.25, -0.2) is 4.98 Å². The summed E-state index contributed by atoms with van der Waals surface area (Å²) in [7, 11) is 0. The number of ether oxygens (including phenoxy) is 1. The average molecular weight is 331 g/mol. The van der Waals surface area contributed by atoms with Crippen LogP contribution in [0.5, 0.6) is 5.75 Å². The van der Waals surface area contributed by atoms with Crippen molar-refractivity contribution in [2.24, 2.45) is 0 Å². The first-order valence-electron chi connectivity index (χ1n) is 7.96. The number of benzene rings is 1. The van der Waals surface area contributed by atoms with Crippen molar-refractivity contribution in [2.45, 2.75) is 13.3 Å². The Balaban J connectivity index is 1.69. The van der Waals surface area contributed by atoms with Gasteiger partial charge in [-0.3, -0.25) is 4.79 Å². The predicted molar refractivity (Wildman–Crippen MR) is 92.1 cm³/mol. The zero-order valence-corrected chi connectivity index (χ0v) is 14.1. The van der Waals surface area contributed by atoms with Crippen molar-refractivity contribution in [1.82, 2.24) is 15.2 Å². The van der Waals surface area contributed by atoms with Crippen LogP contribution in [-0.2, 0) is 0 Å². The minimum Gasteiger partial charge on any atom is -0.494 e. The summed E-state index contributed by atoms with van der Waals surface area (Å²) in [5.41, 5.74) is 1.55. The summed E-state index contributed by atoms with van der Waals surface area (Å²) in [5.74, 6) is 0.890. The number of carbonyl (C=O) groups excluding carboxylic acids is 1. The lowest BCUT2D eigenvalue weighted by Crippen LogP contribution is -2.46. The zero-order valence-electron chi connectivity index (χ0n) is 13.2. The van der Waals surface area contributed by atoms with Crippen LogP contribution in [0.2, 0.25) is 0 Å². The molecule has 0 radical (unpaired) electrons. The Morgan fingerprint density at radius 2 is 2.04 bits per heavy atom. The minimum absolute atomic E-state index is 0.0249. The second-order valence-corrected chi connectivity index (χ2v) is 6.31. The number of carbonyl (C=O) groups is 1. The highest BCUT2D eigenvalue weighted by Gasteiger charge is 2.20. The van der Waals surface area contributed by atoms with Crippen LogP contribution in [0, 0.1) is 0 Å². The third kappa shape index (κ3) is 3.89. The van der Waals surface area contributed by atoms with Crippen LogP contribution in [0.1, 0.15) is 23.8 Å². The molecule has 1 aliphatic heterocycles. The Hall–Kier alpha value is -1.92. The van der Waals surface area contributed by atoms with E-state index >= 15 is 0 Å². The van der Waals surface area contributed by atoms with Crippen LogP contribution in [0.15, 0.2) is 29.6 Å². The number of hydrogen-bond acceptors (Lipinski definition) is 5. The van der Waals surface area contributed by atoms with Crippen LogP contribution >= 0.6 is 11.3 Å². The summed E-state index contributed by atoms with van der Waals surface area (Å²) in [6.45, 7) is 6.00. The SMILES string of the molecule is CCCOc1ccc(-c2nc(C(=O)N3CCNCC3)cs2)cc1. The van der Waals surface area contributed by atoms with E-state index < -0.39 is 0 Å². The fourth-order valence-corrected chi connectivity index (χ4v) is 3.25. The summed E-state index contributed by atoms with van der Waals surface area (Å²) >= 11 is 1.50. The number of piperazine rings is 1. The summed E-state index contributed by atoms with van der Waals surface area (Å²) in [4.78, 5) is 18.8. The van der Waals surface area contributed by atoms with Crippen molar-refractivity contribution in [1.29, 1.82) is 0 Å². The van der Waals surface area contributed by atoms with Gasteiger partial charge in [0, 0.05) is 37.1 Å². The van der Waals surface area contributed by atoms with Crippen molar-refractivity contribution < 1.29 is 9.53 Å². The first-order valence-corrected chi connectivity index (χ1v) is 8.84. The summed E-state index contributed by atoms with van der Waals surface area (Å²) in [6.07, 6.45) is 0.992. The zero-order chi connectivity index (χ0) is 16.1. The molecule has 1 fully saturated rings. The molecule has 1 aromatic carbocycles. The second kappa shape index (κ2) is 7.57. The Morgan fingerprint density at radius 1 is 1.30 bits per heavy atom. The van der Waals surface area contributed by atoms with Gasteiger partial charge in [0.05, 0.1) is 6.61 Å². The number of hydrogen-bond donors (Lipinski definition) is 1. The van der Waals surface area contributed by atoms with Gasteiger partial charge in [0.1, 0.15) is 16.5 Å². The van der Waals surface area contributed by atoms with Crippen LogP contribution in [0.4, 0.5) is 0 Å². The first-order chi connectivity index (χ1) is 11.3. The number of amides is 1. The fraction of sp³-hybridized carbons (Fsp3) is 0.412. The standard InChI is InChI=1S/C17H21N3O2S/c1-2-11-22-14-5-3-13(4-6-14)16-19-15(12-23-16)17(21)20-9-7-18-8-10-20/h3-6,12,18H,2,7-11H2,1H3. The number of rotatable bonds is 5. The molecule has 0 aliphatic carbocycles. The number of nitrogens with zero attached hydrogens (tertiary/aromatic N) is 2. The number of nitrogens with one attached hydrogen (secondary N) is 1. The van der Waals surface area contributed by atoms with Gasteiger partial charge in [-0.1, -0.05) is 6.92 Å². The average Bonchev–Trinajstić information content (AvgIpc) is 3.10. The lowest BCUT2D eigenvalue weighted by molar-refractivity contribution is 0.0731. The van der Waals surface area contributed by atoms with Crippen LogP contribution in [0.3, 0.4) is 0 Å². The van der Waals surface area contributed by atoms with E-state index in [4.69, 9.17) is 4.74 Å². The van der Waals surface area contributed by atoms with Gasteiger partial charge in [0.15, 0.2) is 0 Å². The highest BCUT2D eigenvalue weighted by atomic mass is 32.1. The molecule has 5 nitrogen and oxygen atoms in total. The largest absolute Gasteiger partial charge is 0.494 e. The molecule has 1 N–H and O–H groups in total. The second-order valence-electron chi connectivity index (χ2n) is 5.45. The van der Waals surface area contributed by atoms with Crippen LogP contribution < -0.4 is 10.1 Å². The molecule has 1 aromatic heterocycles. The third-order valence-electron chi connectivity index (χ3n) is 3.70. The van der Waals surface area contributed by atoms with E-state index in [1.165, 1.54) is 11.3 Å². The van der Waals surface area contributed by atoms with E-state index in [9.17, 15) is 4.79 Å². The molecule has 0 unspecified atom stereocenters. The molecule has 0 saturated carbocycles. The topological polar surface area (TPSA) is 54.5 Å². The van der Waals surface area contributed by atoms with Crippen molar-refractivity contribution in [3.63, 3.8) is 0 Å². The molecular weight excluding hydrogens is 310 g/mol. The van der Waals surface area contributed by atoms with Gasteiger partial charge in [0.2, 0.25) is 0 Å². The minimum atomic E-state index is 0.0249. The molecule has 3 rings (SSSR count). The molecular formula is C17H21N3O2S. The van der Waals surface area contributed by atoms with Gasteiger partial charge in [-0.15, -0.1) is 11.3 Å².